The predicted molar refractivity (Wildman–Crippen MR) is 139 cm³/mol. The first-order valence-electron chi connectivity index (χ1n) is 11.8. The van der Waals surface area contributed by atoms with Gasteiger partial charge in [-0.15, -0.1) is 0 Å². The fourth-order valence-corrected chi connectivity index (χ4v) is 4.78. The molecule has 2 unspecified atom stereocenters. The molecular weight excluding hydrogens is 462 g/mol. The number of nitrogens with zero attached hydrogens (tertiary/aromatic N) is 1. The van der Waals surface area contributed by atoms with Crippen molar-refractivity contribution in [3.05, 3.63) is 94.5 Å². The number of para-hydroxylation sites is 1. The molecular formula is C28H30ClN3O3. The Morgan fingerprint density at radius 3 is 2.49 bits per heavy atom. The first-order valence-corrected chi connectivity index (χ1v) is 12.2. The predicted octanol–water partition coefficient (Wildman–Crippen LogP) is 5.51. The number of anilines is 1. The smallest absolute Gasteiger partial charge is 0.259 e. The highest BCUT2D eigenvalue weighted by Crippen LogP contribution is 2.29. The number of ether oxygens (including phenoxy) is 1. The Morgan fingerprint density at radius 2 is 1.74 bits per heavy atom. The van der Waals surface area contributed by atoms with Crippen molar-refractivity contribution in [1.82, 2.24) is 4.90 Å². The van der Waals surface area contributed by atoms with Gasteiger partial charge in [0.15, 0.2) is 0 Å². The van der Waals surface area contributed by atoms with Crippen molar-refractivity contribution in [2.24, 2.45) is 5.73 Å². The van der Waals surface area contributed by atoms with Crippen LogP contribution in [0.15, 0.2) is 72.8 Å². The number of hydrogen-bond donors (Lipinski definition) is 2. The van der Waals surface area contributed by atoms with E-state index >= 15 is 0 Å². The maximum Gasteiger partial charge on any atom is 0.259 e. The number of nitrogens with one attached hydrogen (secondary N) is 1. The van der Waals surface area contributed by atoms with Crippen LogP contribution in [-0.2, 0) is 6.54 Å². The third kappa shape index (κ3) is 5.84. The van der Waals surface area contributed by atoms with Gasteiger partial charge in [0.05, 0.1) is 12.7 Å². The molecule has 182 valence electrons. The van der Waals surface area contributed by atoms with Gasteiger partial charge in [0.25, 0.3) is 11.8 Å². The van der Waals surface area contributed by atoms with E-state index in [0.29, 0.717) is 34.1 Å². The Labute approximate surface area is 211 Å². The lowest BCUT2D eigenvalue weighted by molar-refractivity contribution is 0.0583. The molecule has 2 amide bonds. The molecule has 0 aromatic heterocycles. The zero-order valence-electron chi connectivity index (χ0n) is 19.7. The van der Waals surface area contributed by atoms with Gasteiger partial charge in [-0.1, -0.05) is 54.8 Å². The zero-order chi connectivity index (χ0) is 24.8. The van der Waals surface area contributed by atoms with E-state index < -0.39 is 0 Å². The molecule has 0 aliphatic heterocycles. The number of amides is 2. The summed E-state index contributed by atoms with van der Waals surface area (Å²) in [6, 6.07) is 21.4. The average Bonchev–Trinajstić information content (AvgIpc) is 2.89. The fraction of sp³-hybridized carbons (Fsp3) is 0.286. The lowest BCUT2D eigenvalue weighted by Crippen LogP contribution is -2.51. The van der Waals surface area contributed by atoms with Crippen LogP contribution in [0.5, 0.6) is 5.75 Å². The topological polar surface area (TPSA) is 84.7 Å². The van der Waals surface area contributed by atoms with E-state index in [1.807, 2.05) is 47.4 Å². The fourth-order valence-electron chi connectivity index (χ4n) is 4.60. The summed E-state index contributed by atoms with van der Waals surface area (Å²) in [4.78, 5) is 28.3. The molecule has 1 aliphatic rings. The highest BCUT2D eigenvalue weighted by atomic mass is 35.5. The molecule has 7 heteroatoms. The van der Waals surface area contributed by atoms with E-state index in [0.717, 1.165) is 31.2 Å². The second kappa shape index (κ2) is 11.4. The molecule has 35 heavy (non-hydrogen) atoms. The standard InChI is InChI=1S/C28H30ClN3O3/c1-35-26-14-8-5-11-22(26)27(33)31-21-15-16-23(29)20(17-21)18-32(25-13-7-6-12-24(25)30)28(34)19-9-3-2-4-10-19/h2-5,8-11,14-17,24-25H,6-7,12-13,18,30H2,1H3,(H,31,33). The highest BCUT2D eigenvalue weighted by molar-refractivity contribution is 6.31. The molecule has 3 N–H and O–H groups in total. The summed E-state index contributed by atoms with van der Waals surface area (Å²) in [6.07, 6.45) is 3.82. The van der Waals surface area contributed by atoms with Crippen LogP contribution in [0.4, 0.5) is 5.69 Å². The minimum Gasteiger partial charge on any atom is -0.496 e. The number of halogens is 1. The lowest BCUT2D eigenvalue weighted by Gasteiger charge is -2.38. The molecule has 3 aromatic carbocycles. The Bertz CT molecular complexity index is 1190. The van der Waals surface area contributed by atoms with Crippen LogP contribution >= 0.6 is 11.6 Å². The Morgan fingerprint density at radius 1 is 1.03 bits per heavy atom. The van der Waals surface area contributed by atoms with Gasteiger partial charge in [0, 0.05) is 34.9 Å². The van der Waals surface area contributed by atoms with E-state index in [1.54, 1.807) is 30.3 Å². The van der Waals surface area contributed by atoms with Crippen molar-refractivity contribution >= 4 is 29.1 Å². The van der Waals surface area contributed by atoms with E-state index in [-0.39, 0.29) is 23.9 Å². The van der Waals surface area contributed by atoms with Crippen molar-refractivity contribution < 1.29 is 14.3 Å². The molecule has 2 atom stereocenters. The number of nitrogens with two attached hydrogens (primary N) is 1. The molecule has 0 radical (unpaired) electrons. The molecule has 0 heterocycles. The third-order valence-electron chi connectivity index (χ3n) is 6.46. The molecule has 0 bridgehead atoms. The van der Waals surface area contributed by atoms with Crippen LogP contribution < -0.4 is 15.8 Å². The summed E-state index contributed by atoms with van der Waals surface area (Å²) in [5, 5.41) is 3.44. The van der Waals surface area contributed by atoms with E-state index in [2.05, 4.69) is 5.32 Å². The third-order valence-corrected chi connectivity index (χ3v) is 6.83. The van der Waals surface area contributed by atoms with Crippen LogP contribution in [0.2, 0.25) is 5.02 Å². The maximum absolute atomic E-state index is 13.6. The SMILES string of the molecule is COc1ccccc1C(=O)Nc1ccc(Cl)c(CN(C(=O)c2ccccc2)C2CCCCC2N)c1. The molecule has 1 aliphatic carbocycles. The second-order valence-electron chi connectivity index (χ2n) is 8.78. The van der Waals surface area contributed by atoms with Crippen molar-refractivity contribution in [3.8, 4) is 5.75 Å². The van der Waals surface area contributed by atoms with Crippen LogP contribution in [0.3, 0.4) is 0 Å². The number of carbonyl (C=O) groups excluding carboxylic acids is 2. The quantitative estimate of drug-likeness (QED) is 0.456. The first kappa shape index (κ1) is 24.8. The van der Waals surface area contributed by atoms with Crippen LogP contribution in [0.1, 0.15) is 52.0 Å². The van der Waals surface area contributed by atoms with E-state index in [4.69, 9.17) is 22.1 Å². The normalized spacial score (nSPS) is 17.5. The van der Waals surface area contributed by atoms with Crippen molar-refractivity contribution in [3.63, 3.8) is 0 Å². The summed E-state index contributed by atoms with van der Waals surface area (Å²) >= 11 is 6.57. The minimum atomic E-state index is -0.290. The van der Waals surface area contributed by atoms with Gasteiger partial charge >= 0.3 is 0 Å². The van der Waals surface area contributed by atoms with Gasteiger partial charge < -0.3 is 20.7 Å². The largest absolute Gasteiger partial charge is 0.496 e. The van der Waals surface area contributed by atoms with Gasteiger partial charge in [-0.3, -0.25) is 9.59 Å². The number of benzene rings is 3. The molecule has 1 saturated carbocycles. The van der Waals surface area contributed by atoms with Gasteiger partial charge in [0.1, 0.15) is 5.75 Å². The monoisotopic (exact) mass is 491 g/mol. The highest BCUT2D eigenvalue weighted by Gasteiger charge is 2.32. The zero-order valence-corrected chi connectivity index (χ0v) is 20.5. The van der Waals surface area contributed by atoms with Crippen molar-refractivity contribution in [1.29, 1.82) is 0 Å². The van der Waals surface area contributed by atoms with Crippen molar-refractivity contribution in [2.75, 3.05) is 12.4 Å². The Kier molecular flexibility index (Phi) is 8.06. The van der Waals surface area contributed by atoms with Gasteiger partial charge in [-0.2, -0.15) is 0 Å². The van der Waals surface area contributed by atoms with Gasteiger partial charge in [0.2, 0.25) is 0 Å². The maximum atomic E-state index is 13.6. The molecule has 0 spiro atoms. The summed E-state index contributed by atoms with van der Waals surface area (Å²) in [6.45, 7) is 0.295. The number of carbonyl (C=O) groups is 2. The minimum absolute atomic E-state index is 0.0764. The Hall–Kier alpha value is -3.35. The Balaban J connectivity index is 1.61. The number of hydrogen-bond acceptors (Lipinski definition) is 4. The summed E-state index contributed by atoms with van der Waals surface area (Å²) in [7, 11) is 1.53. The summed E-state index contributed by atoms with van der Waals surface area (Å²) in [5.41, 5.74) is 8.85. The number of methoxy groups -OCH3 is 1. The van der Waals surface area contributed by atoms with Gasteiger partial charge in [-0.05, 0) is 60.9 Å². The van der Waals surface area contributed by atoms with Crippen molar-refractivity contribution in [2.45, 2.75) is 44.3 Å². The first-order chi connectivity index (χ1) is 17.0. The van der Waals surface area contributed by atoms with Gasteiger partial charge in [-0.25, -0.2) is 0 Å². The number of rotatable bonds is 7. The van der Waals surface area contributed by atoms with Crippen LogP contribution in [0.25, 0.3) is 0 Å². The average molecular weight is 492 g/mol. The van der Waals surface area contributed by atoms with E-state index in [1.165, 1.54) is 7.11 Å². The molecule has 6 nitrogen and oxygen atoms in total. The van der Waals surface area contributed by atoms with Crippen LogP contribution in [0, 0.1) is 0 Å². The molecule has 4 rings (SSSR count). The van der Waals surface area contributed by atoms with Crippen LogP contribution in [-0.4, -0.2) is 35.9 Å². The lowest BCUT2D eigenvalue weighted by atomic mass is 9.89. The molecule has 0 saturated heterocycles. The molecule has 3 aromatic rings. The van der Waals surface area contributed by atoms with E-state index in [9.17, 15) is 9.59 Å². The summed E-state index contributed by atoms with van der Waals surface area (Å²) < 4.78 is 5.31. The summed E-state index contributed by atoms with van der Waals surface area (Å²) in [5.74, 6) is 0.125. The molecule has 1 fully saturated rings. The second-order valence-corrected chi connectivity index (χ2v) is 9.18.